The summed E-state index contributed by atoms with van der Waals surface area (Å²) < 4.78 is 16.5. The van der Waals surface area contributed by atoms with Crippen molar-refractivity contribution in [2.45, 2.75) is 0 Å². The molecule has 8 heteroatoms. The molecule has 0 unspecified atom stereocenters. The van der Waals surface area contributed by atoms with Gasteiger partial charge in [0, 0.05) is 0 Å². The minimum atomic E-state index is -0.840. The lowest BCUT2D eigenvalue weighted by Crippen LogP contribution is -2.21. The van der Waals surface area contributed by atoms with Gasteiger partial charge in [-0.2, -0.15) is 0 Å². The number of para-hydroxylation sites is 4. The number of hydrogen-bond acceptors (Lipinski definition) is 7. The van der Waals surface area contributed by atoms with Crippen molar-refractivity contribution < 1.29 is 33.4 Å². The van der Waals surface area contributed by atoms with E-state index in [1.807, 2.05) is 0 Å². The van der Waals surface area contributed by atoms with Gasteiger partial charge in [-0.1, -0.05) is 48.5 Å². The molecule has 176 valence electrons. The molecule has 36 heavy (non-hydrogen) atoms. The van der Waals surface area contributed by atoms with Crippen LogP contribution in [0.15, 0.2) is 97.1 Å². The summed E-state index contributed by atoms with van der Waals surface area (Å²) in [6.45, 7) is 0. The fourth-order valence-corrected chi connectivity index (χ4v) is 3.62. The second-order valence-electron chi connectivity index (χ2n) is 7.66. The first-order valence-electron chi connectivity index (χ1n) is 10.9. The second-order valence-corrected chi connectivity index (χ2v) is 7.66. The van der Waals surface area contributed by atoms with Gasteiger partial charge in [0.15, 0.2) is 0 Å². The number of esters is 3. The lowest BCUT2D eigenvalue weighted by molar-refractivity contribution is 0.0699. The highest BCUT2D eigenvalue weighted by Crippen LogP contribution is 2.28. The normalized spacial score (nSPS) is 13.6. The van der Waals surface area contributed by atoms with Gasteiger partial charge in [0.1, 0.15) is 28.4 Å². The van der Waals surface area contributed by atoms with E-state index in [1.165, 1.54) is 48.5 Å². The highest BCUT2D eigenvalue weighted by atomic mass is 16.6. The van der Waals surface area contributed by atoms with Crippen LogP contribution >= 0.6 is 0 Å². The molecule has 1 amide bonds. The molecular weight excluding hydrogens is 462 g/mol. The van der Waals surface area contributed by atoms with Crippen LogP contribution < -0.4 is 19.5 Å². The van der Waals surface area contributed by atoms with Crippen LogP contribution in [0.3, 0.4) is 0 Å². The minimum absolute atomic E-state index is 0.0152. The summed E-state index contributed by atoms with van der Waals surface area (Å²) >= 11 is 0. The van der Waals surface area contributed by atoms with E-state index < -0.39 is 23.8 Å². The van der Waals surface area contributed by atoms with Crippen LogP contribution in [0, 0.1) is 0 Å². The highest BCUT2D eigenvalue weighted by Gasteiger charge is 2.25. The Morgan fingerprint density at radius 3 is 1.31 bits per heavy atom. The number of ether oxygens (including phenoxy) is 3. The van der Waals surface area contributed by atoms with Gasteiger partial charge in [0.2, 0.25) is 0 Å². The van der Waals surface area contributed by atoms with Crippen LogP contribution in [0.4, 0.5) is 5.69 Å². The number of carbonyl (C=O) groups excluding carboxylic acids is 4. The summed E-state index contributed by atoms with van der Waals surface area (Å²) in [5.41, 5.74) is 0.217. The maximum atomic E-state index is 13.1. The third-order valence-corrected chi connectivity index (χ3v) is 5.35. The largest absolute Gasteiger partial charge is 0.422 e. The van der Waals surface area contributed by atoms with E-state index in [-0.39, 0.29) is 45.2 Å². The fraction of sp³-hybridized carbons (Fsp3) is 0. The Morgan fingerprint density at radius 2 is 0.778 bits per heavy atom. The maximum Gasteiger partial charge on any atom is 0.347 e. The average Bonchev–Trinajstić information content (AvgIpc) is 2.89. The molecule has 0 bridgehead atoms. The van der Waals surface area contributed by atoms with E-state index in [1.54, 1.807) is 48.5 Å². The van der Waals surface area contributed by atoms with Crippen molar-refractivity contribution in [3.8, 4) is 17.2 Å². The van der Waals surface area contributed by atoms with Crippen LogP contribution in [0.25, 0.3) is 0 Å². The molecule has 0 spiro atoms. The zero-order valence-electron chi connectivity index (χ0n) is 18.6. The van der Waals surface area contributed by atoms with E-state index in [4.69, 9.17) is 14.2 Å². The van der Waals surface area contributed by atoms with E-state index in [2.05, 4.69) is 5.32 Å². The average molecular weight is 479 g/mol. The summed E-state index contributed by atoms with van der Waals surface area (Å²) in [7, 11) is 0. The molecule has 1 aliphatic rings. The molecule has 8 nitrogen and oxygen atoms in total. The first-order valence-corrected chi connectivity index (χ1v) is 10.9. The first-order chi connectivity index (χ1) is 17.5. The molecule has 0 radical (unpaired) electrons. The Bertz CT molecular complexity index is 1300. The summed E-state index contributed by atoms with van der Waals surface area (Å²) in [4.78, 5) is 52.3. The predicted octanol–water partition coefficient (Wildman–Crippen LogP) is 4.91. The Kier molecular flexibility index (Phi) is 5.98. The molecule has 1 aliphatic heterocycles. The van der Waals surface area contributed by atoms with Crippen molar-refractivity contribution in [2.75, 3.05) is 5.32 Å². The van der Waals surface area contributed by atoms with E-state index in [0.29, 0.717) is 0 Å². The lowest BCUT2D eigenvalue weighted by Gasteiger charge is -2.16. The zero-order valence-corrected chi connectivity index (χ0v) is 18.6. The Balaban J connectivity index is 1.65. The number of amides is 1. The highest BCUT2D eigenvalue weighted by molar-refractivity contribution is 6.10. The molecule has 1 N–H and O–H groups in total. The smallest absolute Gasteiger partial charge is 0.347 e. The summed E-state index contributed by atoms with van der Waals surface area (Å²) in [6, 6.07) is 24.5. The van der Waals surface area contributed by atoms with E-state index >= 15 is 0 Å². The van der Waals surface area contributed by atoms with Gasteiger partial charge >= 0.3 is 17.9 Å². The number of nitrogens with one attached hydrogen (secondary N) is 1. The van der Waals surface area contributed by atoms with Crippen LogP contribution in [0.1, 0.15) is 41.4 Å². The van der Waals surface area contributed by atoms with E-state index in [0.717, 1.165) is 0 Å². The third kappa shape index (κ3) is 4.43. The first kappa shape index (κ1) is 22.5. The van der Waals surface area contributed by atoms with Gasteiger partial charge in [-0.25, -0.2) is 14.4 Å². The van der Waals surface area contributed by atoms with Crippen molar-refractivity contribution in [1.29, 1.82) is 0 Å². The molecule has 0 fully saturated rings. The predicted molar refractivity (Wildman–Crippen MR) is 129 cm³/mol. The van der Waals surface area contributed by atoms with Crippen LogP contribution in [0.2, 0.25) is 0 Å². The van der Waals surface area contributed by atoms with Gasteiger partial charge in [0.25, 0.3) is 5.91 Å². The Morgan fingerprint density at radius 1 is 0.417 bits per heavy atom. The molecule has 0 atom stereocenters. The fourth-order valence-electron chi connectivity index (χ4n) is 3.62. The molecule has 0 saturated heterocycles. The van der Waals surface area contributed by atoms with Crippen LogP contribution in [-0.2, 0) is 0 Å². The topological polar surface area (TPSA) is 108 Å². The minimum Gasteiger partial charge on any atom is -0.422 e. The van der Waals surface area contributed by atoms with Gasteiger partial charge in [-0.3, -0.25) is 4.79 Å². The van der Waals surface area contributed by atoms with Crippen LogP contribution in [-0.4, -0.2) is 23.8 Å². The van der Waals surface area contributed by atoms with Gasteiger partial charge in [-0.05, 0) is 48.5 Å². The summed E-state index contributed by atoms with van der Waals surface area (Å²) in [5, 5.41) is 2.67. The second kappa shape index (κ2) is 9.55. The number of rotatable bonds is 0. The van der Waals surface area contributed by atoms with Crippen molar-refractivity contribution in [2.24, 2.45) is 0 Å². The molecule has 0 aromatic heterocycles. The molecule has 0 aliphatic carbocycles. The molecule has 5 rings (SSSR count). The van der Waals surface area contributed by atoms with Crippen molar-refractivity contribution in [3.63, 3.8) is 0 Å². The van der Waals surface area contributed by atoms with Gasteiger partial charge < -0.3 is 19.5 Å². The van der Waals surface area contributed by atoms with Crippen molar-refractivity contribution in [1.82, 2.24) is 0 Å². The Hall–Kier alpha value is -5.24. The molecule has 4 aromatic rings. The maximum absolute atomic E-state index is 13.1. The number of carbonyl (C=O) groups is 4. The summed E-state index contributed by atoms with van der Waals surface area (Å²) in [5.74, 6) is -3.19. The number of fused-ring (bicyclic) bond motifs is 4. The van der Waals surface area contributed by atoms with Crippen molar-refractivity contribution >= 4 is 29.5 Å². The van der Waals surface area contributed by atoms with Crippen LogP contribution in [0.5, 0.6) is 17.2 Å². The molecule has 0 saturated carbocycles. The zero-order chi connectivity index (χ0) is 25.1. The number of anilines is 1. The van der Waals surface area contributed by atoms with Gasteiger partial charge in [-0.15, -0.1) is 0 Å². The van der Waals surface area contributed by atoms with Gasteiger partial charge in [0.05, 0.1) is 16.8 Å². The number of benzene rings is 4. The standard InChI is InChI=1S/C28H17NO7/c30-25-18-10-2-6-14-22(18)34-27(32)20-12-4-8-16-24(20)36-28(33)19-11-3-7-15-23(19)35-26(31)17-9-1-5-13-21(17)29-25/h1-16H,(H,29,30). The quantitative estimate of drug-likeness (QED) is 0.282. The van der Waals surface area contributed by atoms with Crippen molar-refractivity contribution in [3.05, 3.63) is 119 Å². The Labute approximate surface area is 205 Å². The SMILES string of the molecule is O=C1Oc2ccccc2C(=O)Oc2ccccc2C(=O)Oc2ccccc2C(=O)Nc2ccccc21. The monoisotopic (exact) mass is 479 g/mol. The number of hydrogen-bond donors (Lipinski definition) is 1. The summed E-state index contributed by atoms with van der Waals surface area (Å²) in [6.07, 6.45) is 0. The molecule has 4 aromatic carbocycles. The third-order valence-electron chi connectivity index (χ3n) is 5.35. The molecule has 1 heterocycles. The lowest BCUT2D eigenvalue weighted by atomic mass is 10.1. The molecular formula is C28H17NO7. The van der Waals surface area contributed by atoms with E-state index in [9.17, 15) is 19.2 Å².